The molecule has 0 unspecified atom stereocenters. The van der Waals surface area contributed by atoms with E-state index < -0.39 is 11.6 Å². The van der Waals surface area contributed by atoms with Gasteiger partial charge in [0.15, 0.2) is 0 Å². The van der Waals surface area contributed by atoms with Crippen LogP contribution in [0.5, 0.6) is 0 Å². The molecule has 3 heterocycles. The van der Waals surface area contributed by atoms with Crippen molar-refractivity contribution < 1.29 is 14.7 Å². The molecule has 2 aliphatic rings. The van der Waals surface area contributed by atoms with Gasteiger partial charge in [-0.25, -0.2) is 0 Å². The number of aliphatic hydroxyl groups is 1. The summed E-state index contributed by atoms with van der Waals surface area (Å²) in [6, 6.07) is 0. The van der Waals surface area contributed by atoms with Crippen LogP contribution in [-0.2, 0) is 16.6 Å². The van der Waals surface area contributed by atoms with Crippen molar-refractivity contribution in [1.82, 2.24) is 19.6 Å². The molecular weight excluding hydrogens is 344 g/mol. The van der Waals surface area contributed by atoms with E-state index >= 15 is 0 Å². The van der Waals surface area contributed by atoms with E-state index in [1.54, 1.807) is 34.9 Å². The van der Waals surface area contributed by atoms with Gasteiger partial charge in [0.2, 0.25) is 11.8 Å². The van der Waals surface area contributed by atoms with Crippen molar-refractivity contribution in [2.75, 3.05) is 19.6 Å². The van der Waals surface area contributed by atoms with E-state index in [0.717, 1.165) is 18.4 Å². The van der Waals surface area contributed by atoms with Gasteiger partial charge in [-0.1, -0.05) is 0 Å². The largest absolute Gasteiger partial charge is 0.391 e. The number of carbonyl (C=O) groups is 2. The molecule has 0 saturated carbocycles. The summed E-state index contributed by atoms with van der Waals surface area (Å²) >= 11 is 0. The number of likely N-dealkylation sites (tertiary alicyclic amines) is 2. The Morgan fingerprint density at radius 3 is 2.52 bits per heavy atom. The Kier molecular flexibility index (Phi) is 5.16. The van der Waals surface area contributed by atoms with Crippen LogP contribution < -0.4 is 0 Å². The molecular formula is C20H30N4O3. The molecule has 0 aliphatic carbocycles. The average molecular weight is 374 g/mol. The number of hydrogen-bond acceptors (Lipinski definition) is 4. The zero-order valence-corrected chi connectivity index (χ0v) is 16.7. The molecule has 7 heteroatoms. The fourth-order valence-corrected chi connectivity index (χ4v) is 4.32. The van der Waals surface area contributed by atoms with Gasteiger partial charge in [-0.05, 0) is 44.6 Å². The van der Waals surface area contributed by atoms with Crippen molar-refractivity contribution >= 4 is 17.9 Å². The molecule has 1 spiro atoms. The van der Waals surface area contributed by atoms with Gasteiger partial charge in [0, 0.05) is 51.4 Å². The van der Waals surface area contributed by atoms with E-state index in [0.29, 0.717) is 26.1 Å². The molecule has 148 valence electrons. The Morgan fingerprint density at radius 1 is 1.30 bits per heavy atom. The number of nitrogens with zero attached hydrogens (tertiary/aromatic N) is 4. The Morgan fingerprint density at radius 2 is 1.96 bits per heavy atom. The van der Waals surface area contributed by atoms with Gasteiger partial charge < -0.3 is 14.9 Å². The van der Waals surface area contributed by atoms with Crippen LogP contribution in [0.2, 0.25) is 0 Å². The zero-order valence-electron chi connectivity index (χ0n) is 16.7. The number of aromatic nitrogens is 2. The minimum atomic E-state index is -0.553. The van der Waals surface area contributed by atoms with Crippen LogP contribution in [0.25, 0.3) is 6.08 Å². The molecule has 2 amide bonds. The van der Waals surface area contributed by atoms with Gasteiger partial charge in [0.05, 0.1) is 17.8 Å². The smallest absolute Gasteiger partial charge is 0.246 e. The van der Waals surface area contributed by atoms with Crippen molar-refractivity contribution in [3.8, 4) is 0 Å². The highest BCUT2D eigenvalue weighted by molar-refractivity contribution is 5.91. The highest BCUT2D eigenvalue weighted by Crippen LogP contribution is 2.45. The summed E-state index contributed by atoms with van der Waals surface area (Å²) < 4.78 is 1.70. The number of piperidine rings is 2. The van der Waals surface area contributed by atoms with Crippen molar-refractivity contribution in [2.24, 2.45) is 12.5 Å². The van der Waals surface area contributed by atoms with Gasteiger partial charge in [0.25, 0.3) is 0 Å². The Hall–Kier alpha value is -2.15. The maximum Gasteiger partial charge on any atom is 0.246 e. The minimum absolute atomic E-state index is 0.00367. The Labute approximate surface area is 160 Å². The first-order valence-corrected chi connectivity index (χ1v) is 9.55. The predicted octanol–water partition coefficient (Wildman–Crippen LogP) is 1.43. The second-order valence-corrected chi connectivity index (χ2v) is 8.58. The first kappa shape index (κ1) is 19.6. The third-order valence-corrected chi connectivity index (χ3v) is 6.29. The normalized spacial score (nSPS) is 24.6. The average Bonchev–Trinajstić information content (AvgIpc) is 3.02. The topological polar surface area (TPSA) is 78.7 Å². The van der Waals surface area contributed by atoms with Crippen molar-refractivity contribution in [2.45, 2.75) is 51.7 Å². The second kappa shape index (κ2) is 7.11. The van der Waals surface area contributed by atoms with Crippen LogP contribution in [0, 0.1) is 5.41 Å². The fourth-order valence-electron chi connectivity index (χ4n) is 4.32. The van der Waals surface area contributed by atoms with Crippen LogP contribution in [-0.4, -0.2) is 67.8 Å². The van der Waals surface area contributed by atoms with Gasteiger partial charge >= 0.3 is 0 Å². The quantitative estimate of drug-likeness (QED) is 0.795. The van der Waals surface area contributed by atoms with Gasteiger partial charge in [-0.15, -0.1) is 0 Å². The summed E-state index contributed by atoms with van der Waals surface area (Å²) in [6.07, 6.45) is 8.68. The molecule has 1 atom stereocenters. The molecule has 0 radical (unpaired) electrons. The number of rotatable bonds is 2. The van der Waals surface area contributed by atoms with E-state index in [9.17, 15) is 14.7 Å². The Bertz CT molecular complexity index is 744. The molecule has 1 N–H and O–H groups in total. The maximum absolute atomic E-state index is 12.5. The summed E-state index contributed by atoms with van der Waals surface area (Å²) in [5.74, 6) is -0.00940. The van der Waals surface area contributed by atoms with Gasteiger partial charge in [0.1, 0.15) is 0 Å². The molecule has 3 rings (SSSR count). The molecule has 2 fully saturated rings. The van der Waals surface area contributed by atoms with E-state index in [1.165, 1.54) is 0 Å². The predicted molar refractivity (Wildman–Crippen MR) is 103 cm³/mol. The van der Waals surface area contributed by atoms with Crippen LogP contribution >= 0.6 is 0 Å². The van der Waals surface area contributed by atoms with Crippen LogP contribution in [0.15, 0.2) is 18.5 Å². The number of aryl methyl sites for hydroxylation is 1. The van der Waals surface area contributed by atoms with Crippen LogP contribution in [0.3, 0.4) is 0 Å². The third-order valence-electron chi connectivity index (χ3n) is 6.29. The van der Waals surface area contributed by atoms with E-state index in [4.69, 9.17) is 0 Å². The summed E-state index contributed by atoms with van der Waals surface area (Å²) in [5, 5.41) is 14.8. The summed E-state index contributed by atoms with van der Waals surface area (Å²) in [4.78, 5) is 28.3. The monoisotopic (exact) mass is 374 g/mol. The second-order valence-electron chi connectivity index (χ2n) is 8.58. The first-order valence-electron chi connectivity index (χ1n) is 9.55. The van der Waals surface area contributed by atoms with E-state index in [1.807, 2.05) is 32.0 Å². The van der Waals surface area contributed by atoms with Crippen molar-refractivity contribution in [3.05, 3.63) is 24.0 Å². The summed E-state index contributed by atoms with van der Waals surface area (Å²) in [5.41, 5.74) is 0.245. The highest BCUT2D eigenvalue weighted by Gasteiger charge is 2.50. The van der Waals surface area contributed by atoms with Crippen LogP contribution in [0.4, 0.5) is 0 Å². The van der Waals surface area contributed by atoms with Gasteiger partial charge in [-0.3, -0.25) is 14.3 Å². The lowest BCUT2D eigenvalue weighted by Crippen LogP contribution is -2.64. The fraction of sp³-hybridized carbons (Fsp3) is 0.650. The lowest BCUT2D eigenvalue weighted by atomic mass is 9.67. The highest BCUT2D eigenvalue weighted by atomic mass is 16.3. The maximum atomic E-state index is 12.5. The number of carbonyl (C=O) groups excluding carboxylic acids is 2. The first-order chi connectivity index (χ1) is 12.6. The van der Waals surface area contributed by atoms with E-state index in [2.05, 4.69) is 5.10 Å². The molecule has 27 heavy (non-hydrogen) atoms. The zero-order chi connectivity index (χ0) is 19.8. The standard InChI is InChI=1S/C20H30N4O3/c1-15(25)24-14-20(11-17(26)19(24,2)3)7-9-23(10-8-20)18(27)6-5-16-12-21-22(4)13-16/h5-6,12-13,17,26H,7-11,14H2,1-4H3/b6-5+/t17-/m1/s1. The molecule has 2 saturated heterocycles. The summed E-state index contributed by atoms with van der Waals surface area (Å²) in [6.45, 7) is 7.36. The minimum Gasteiger partial charge on any atom is -0.391 e. The third kappa shape index (κ3) is 3.93. The number of aliphatic hydroxyl groups excluding tert-OH is 1. The lowest BCUT2D eigenvalue weighted by Gasteiger charge is -2.55. The SMILES string of the molecule is CC(=O)N1CC2(CCN(C(=O)/C=C/c3cnn(C)c3)CC2)C[C@@H](O)C1(C)C. The molecule has 1 aromatic heterocycles. The molecule has 7 nitrogen and oxygen atoms in total. The molecule has 1 aromatic rings. The number of hydrogen-bond donors (Lipinski definition) is 1. The number of amides is 2. The van der Waals surface area contributed by atoms with Crippen LogP contribution in [0.1, 0.15) is 45.6 Å². The summed E-state index contributed by atoms with van der Waals surface area (Å²) in [7, 11) is 1.84. The van der Waals surface area contributed by atoms with Crippen molar-refractivity contribution in [3.63, 3.8) is 0 Å². The molecule has 0 bridgehead atoms. The lowest BCUT2D eigenvalue weighted by molar-refractivity contribution is -0.158. The van der Waals surface area contributed by atoms with E-state index in [-0.39, 0.29) is 17.2 Å². The van der Waals surface area contributed by atoms with Gasteiger partial charge in [-0.2, -0.15) is 5.10 Å². The van der Waals surface area contributed by atoms with Crippen molar-refractivity contribution in [1.29, 1.82) is 0 Å². The Balaban J connectivity index is 1.63. The molecule has 0 aromatic carbocycles. The molecule has 2 aliphatic heterocycles.